The van der Waals surface area contributed by atoms with E-state index in [1.54, 1.807) is 0 Å². The summed E-state index contributed by atoms with van der Waals surface area (Å²) in [6, 6.07) is 15.9. The number of pyridine rings is 1. The standard InChI is InChI=1S/C22H22ClN3O2S/c23-18-5-1-3-17-4-2-6-19(22(17)18)29-15-21(27)25-14-16-7-8-20(24-13-16)26-9-11-28-12-10-26/h1-8,13H,9-12,14-15H2,(H,25,27). The maximum absolute atomic E-state index is 12.3. The van der Waals surface area contributed by atoms with Gasteiger partial charge in [0.25, 0.3) is 0 Å². The average molecular weight is 428 g/mol. The van der Waals surface area contributed by atoms with Crippen LogP contribution in [0.25, 0.3) is 10.8 Å². The molecule has 1 aliphatic rings. The molecule has 0 bridgehead atoms. The first-order valence-corrected chi connectivity index (χ1v) is 10.9. The number of benzene rings is 2. The number of thioether (sulfide) groups is 1. The molecule has 0 saturated carbocycles. The second kappa shape index (κ2) is 9.48. The minimum atomic E-state index is -0.0173. The zero-order chi connectivity index (χ0) is 20.1. The number of halogens is 1. The number of hydrogen-bond donors (Lipinski definition) is 1. The number of ether oxygens (including phenoxy) is 1. The van der Waals surface area contributed by atoms with Gasteiger partial charge in [0.05, 0.1) is 19.0 Å². The minimum Gasteiger partial charge on any atom is -0.378 e. The van der Waals surface area contributed by atoms with E-state index in [2.05, 4.69) is 15.2 Å². The molecule has 2 aromatic carbocycles. The van der Waals surface area contributed by atoms with E-state index in [1.807, 2.05) is 54.7 Å². The van der Waals surface area contributed by atoms with Crippen LogP contribution < -0.4 is 10.2 Å². The Labute approximate surface area is 179 Å². The Morgan fingerprint density at radius 1 is 1.14 bits per heavy atom. The highest BCUT2D eigenvalue weighted by molar-refractivity contribution is 8.00. The van der Waals surface area contributed by atoms with Crippen molar-refractivity contribution in [2.45, 2.75) is 11.4 Å². The summed E-state index contributed by atoms with van der Waals surface area (Å²) in [5.41, 5.74) is 0.980. The largest absolute Gasteiger partial charge is 0.378 e. The number of morpholine rings is 1. The van der Waals surface area contributed by atoms with Crippen LogP contribution in [0.5, 0.6) is 0 Å². The fraction of sp³-hybridized carbons (Fsp3) is 0.273. The van der Waals surface area contributed by atoms with Gasteiger partial charge in [-0.15, -0.1) is 11.8 Å². The Bertz CT molecular complexity index is 986. The Kier molecular flexibility index (Phi) is 6.54. The van der Waals surface area contributed by atoms with Gasteiger partial charge in [-0.05, 0) is 29.1 Å². The summed E-state index contributed by atoms with van der Waals surface area (Å²) in [5.74, 6) is 1.27. The molecule has 0 unspecified atom stereocenters. The highest BCUT2D eigenvalue weighted by atomic mass is 35.5. The van der Waals surface area contributed by atoms with Gasteiger partial charge in [-0.3, -0.25) is 4.79 Å². The first-order valence-electron chi connectivity index (χ1n) is 9.55. The molecule has 1 fully saturated rings. The summed E-state index contributed by atoms with van der Waals surface area (Å²) < 4.78 is 5.37. The van der Waals surface area contributed by atoms with Crippen molar-refractivity contribution in [1.29, 1.82) is 0 Å². The van der Waals surface area contributed by atoms with Gasteiger partial charge in [0, 0.05) is 41.1 Å². The number of aromatic nitrogens is 1. The predicted octanol–water partition coefficient (Wildman–Crippen LogP) is 4.13. The topological polar surface area (TPSA) is 54.5 Å². The first-order chi connectivity index (χ1) is 14.2. The zero-order valence-electron chi connectivity index (χ0n) is 15.9. The van der Waals surface area contributed by atoms with Gasteiger partial charge in [0.2, 0.25) is 5.91 Å². The molecular formula is C22H22ClN3O2S. The molecule has 0 radical (unpaired) electrons. The van der Waals surface area contributed by atoms with Gasteiger partial charge < -0.3 is 15.0 Å². The molecule has 1 saturated heterocycles. The number of nitrogens with one attached hydrogen (secondary N) is 1. The normalized spacial score (nSPS) is 14.2. The van der Waals surface area contributed by atoms with Crippen molar-refractivity contribution in [1.82, 2.24) is 10.3 Å². The Balaban J connectivity index is 1.30. The van der Waals surface area contributed by atoms with E-state index in [1.165, 1.54) is 11.8 Å². The lowest BCUT2D eigenvalue weighted by atomic mass is 10.1. The van der Waals surface area contributed by atoms with Crippen molar-refractivity contribution >= 4 is 45.9 Å². The molecule has 1 N–H and O–H groups in total. The molecule has 7 heteroatoms. The smallest absolute Gasteiger partial charge is 0.230 e. The second-order valence-electron chi connectivity index (χ2n) is 6.78. The number of hydrogen-bond acceptors (Lipinski definition) is 5. The van der Waals surface area contributed by atoms with Crippen molar-refractivity contribution in [2.75, 3.05) is 37.0 Å². The lowest BCUT2D eigenvalue weighted by Gasteiger charge is -2.27. The van der Waals surface area contributed by atoms with Crippen LogP contribution in [0.4, 0.5) is 5.82 Å². The molecule has 3 aromatic rings. The molecule has 0 atom stereocenters. The first kappa shape index (κ1) is 20.0. The summed E-state index contributed by atoms with van der Waals surface area (Å²) in [6.07, 6.45) is 1.82. The molecular weight excluding hydrogens is 406 g/mol. The molecule has 150 valence electrons. The Hall–Kier alpha value is -2.28. The minimum absolute atomic E-state index is 0.0173. The SMILES string of the molecule is O=C(CSc1cccc2cccc(Cl)c12)NCc1ccc(N2CCOCC2)nc1. The van der Waals surface area contributed by atoms with E-state index >= 15 is 0 Å². The van der Waals surface area contributed by atoms with Gasteiger partial charge in [-0.2, -0.15) is 0 Å². The third-order valence-electron chi connectivity index (χ3n) is 4.81. The third kappa shape index (κ3) is 5.01. The van der Waals surface area contributed by atoms with Crippen molar-refractivity contribution in [2.24, 2.45) is 0 Å². The highest BCUT2D eigenvalue weighted by Gasteiger charge is 2.12. The molecule has 1 amide bonds. The number of carbonyl (C=O) groups is 1. The van der Waals surface area contributed by atoms with Crippen LogP contribution >= 0.6 is 23.4 Å². The Morgan fingerprint density at radius 2 is 1.93 bits per heavy atom. The lowest BCUT2D eigenvalue weighted by Crippen LogP contribution is -2.36. The van der Waals surface area contributed by atoms with E-state index in [9.17, 15) is 4.79 Å². The van der Waals surface area contributed by atoms with Crippen LogP contribution in [0.1, 0.15) is 5.56 Å². The molecule has 1 aromatic heterocycles. The van der Waals surface area contributed by atoms with Crippen molar-refractivity contribution in [3.63, 3.8) is 0 Å². The number of nitrogens with zero attached hydrogens (tertiary/aromatic N) is 2. The summed E-state index contributed by atoms with van der Waals surface area (Å²) in [7, 11) is 0. The van der Waals surface area contributed by atoms with Crippen molar-refractivity contribution in [3.8, 4) is 0 Å². The Morgan fingerprint density at radius 3 is 2.69 bits per heavy atom. The summed E-state index contributed by atoms with van der Waals surface area (Å²) in [5, 5.41) is 5.75. The number of anilines is 1. The van der Waals surface area contributed by atoms with Gasteiger partial charge in [-0.1, -0.05) is 41.9 Å². The molecule has 0 aliphatic carbocycles. The summed E-state index contributed by atoms with van der Waals surface area (Å²) in [6.45, 7) is 3.65. The summed E-state index contributed by atoms with van der Waals surface area (Å²) in [4.78, 5) is 20.1. The molecule has 29 heavy (non-hydrogen) atoms. The van der Waals surface area contributed by atoms with E-state index in [-0.39, 0.29) is 5.91 Å². The lowest BCUT2D eigenvalue weighted by molar-refractivity contribution is -0.118. The monoisotopic (exact) mass is 427 g/mol. The average Bonchev–Trinajstić information content (AvgIpc) is 2.77. The van der Waals surface area contributed by atoms with Gasteiger partial charge in [-0.25, -0.2) is 4.98 Å². The summed E-state index contributed by atoms with van der Waals surface area (Å²) >= 11 is 7.85. The number of fused-ring (bicyclic) bond motifs is 1. The maximum Gasteiger partial charge on any atom is 0.230 e. The van der Waals surface area contributed by atoms with Crippen LogP contribution in [0.3, 0.4) is 0 Å². The zero-order valence-corrected chi connectivity index (χ0v) is 17.5. The predicted molar refractivity (Wildman–Crippen MR) is 119 cm³/mol. The van der Waals surface area contributed by atoms with E-state index < -0.39 is 0 Å². The van der Waals surface area contributed by atoms with Crippen molar-refractivity contribution in [3.05, 3.63) is 65.3 Å². The van der Waals surface area contributed by atoms with Crippen LogP contribution in [-0.4, -0.2) is 42.9 Å². The maximum atomic E-state index is 12.3. The van der Waals surface area contributed by atoms with Crippen molar-refractivity contribution < 1.29 is 9.53 Å². The molecule has 0 spiro atoms. The van der Waals surface area contributed by atoms with Crippen LogP contribution in [0, 0.1) is 0 Å². The number of amides is 1. The fourth-order valence-corrected chi connectivity index (χ4v) is 4.55. The second-order valence-corrected chi connectivity index (χ2v) is 8.21. The van der Waals surface area contributed by atoms with Crippen LogP contribution in [0.2, 0.25) is 5.02 Å². The van der Waals surface area contributed by atoms with E-state index in [0.29, 0.717) is 17.3 Å². The van der Waals surface area contributed by atoms with E-state index in [0.717, 1.165) is 53.4 Å². The van der Waals surface area contributed by atoms with Gasteiger partial charge in [0.1, 0.15) is 5.82 Å². The molecule has 1 aliphatic heterocycles. The molecule has 2 heterocycles. The van der Waals surface area contributed by atoms with Gasteiger partial charge >= 0.3 is 0 Å². The quantitative estimate of drug-likeness (QED) is 0.599. The fourth-order valence-electron chi connectivity index (χ4n) is 3.28. The third-order valence-corrected chi connectivity index (χ3v) is 6.18. The van der Waals surface area contributed by atoms with Gasteiger partial charge in [0.15, 0.2) is 0 Å². The van der Waals surface area contributed by atoms with Crippen LogP contribution in [-0.2, 0) is 16.1 Å². The molecule has 5 nitrogen and oxygen atoms in total. The highest BCUT2D eigenvalue weighted by Crippen LogP contribution is 2.33. The van der Waals surface area contributed by atoms with E-state index in [4.69, 9.17) is 16.3 Å². The molecule has 4 rings (SSSR count). The van der Waals surface area contributed by atoms with Crippen LogP contribution in [0.15, 0.2) is 59.6 Å². The number of rotatable bonds is 6. The number of carbonyl (C=O) groups excluding carboxylic acids is 1.